The summed E-state index contributed by atoms with van der Waals surface area (Å²) in [5, 5.41) is 12.4. The van der Waals surface area contributed by atoms with Crippen LogP contribution in [0.2, 0.25) is 0 Å². The number of nitrogens with zero attached hydrogens (tertiary/aromatic N) is 5. The predicted molar refractivity (Wildman–Crippen MR) is 99.8 cm³/mol. The molecule has 1 N–H and O–H groups in total. The van der Waals surface area contributed by atoms with E-state index in [1.807, 2.05) is 13.0 Å². The molecule has 132 valence electrons. The lowest BCUT2D eigenvalue weighted by Crippen LogP contribution is -2.10. The van der Waals surface area contributed by atoms with E-state index in [1.165, 1.54) is 12.1 Å². The van der Waals surface area contributed by atoms with E-state index in [9.17, 15) is 4.39 Å². The summed E-state index contributed by atoms with van der Waals surface area (Å²) in [6.07, 6.45) is 4.88. The molecular formula is C20H15FN6. The summed E-state index contributed by atoms with van der Waals surface area (Å²) in [6.45, 7) is 1.93. The van der Waals surface area contributed by atoms with Gasteiger partial charge in [-0.25, -0.2) is 14.4 Å². The topological polar surface area (TPSA) is 79.4 Å². The zero-order valence-electron chi connectivity index (χ0n) is 14.5. The highest BCUT2D eigenvalue weighted by molar-refractivity contribution is 5.78. The number of halogens is 1. The maximum absolute atomic E-state index is 13.4. The lowest BCUT2D eigenvalue weighted by atomic mass is 10.1. The molecule has 2 heterocycles. The van der Waals surface area contributed by atoms with Gasteiger partial charge in [-0.1, -0.05) is 12.1 Å². The van der Waals surface area contributed by atoms with Gasteiger partial charge in [-0.3, -0.25) is 9.55 Å². The number of imidazole rings is 1. The first kappa shape index (κ1) is 16.7. The van der Waals surface area contributed by atoms with E-state index >= 15 is 0 Å². The molecular weight excluding hydrogens is 343 g/mol. The van der Waals surface area contributed by atoms with Gasteiger partial charge in [-0.2, -0.15) is 5.26 Å². The van der Waals surface area contributed by atoms with Crippen LogP contribution in [0.1, 0.15) is 24.1 Å². The van der Waals surface area contributed by atoms with Crippen LogP contribution in [0.5, 0.6) is 0 Å². The van der Waals surface area contributed by atoms with E-state index in [2.05, 4.69) is 26.3 Å². The Morgan fingerprint density at radius 2 is 2.07 bits per heavy atom. The predicted octanol–water partition coefficient (Wildman–Crippen LogP) is 4.00. The van der Waals surface area contributed by atoms with Crippen molar-refractivity contribution >= 4 is 16.9 Å². The highest BCUT2D eigenvalue weighted by Gasteiger charge is 2.11. The zero-order valence-corrected chi connectivity index (χ0v) is 14.5. The SMILES string of the molecule is C[C@H](Nc1cncc(-n2cnc3ccc(C#N)cc32)n1)c1cccc(F)c1. The Kier molecular flexibility index (Phi) is 4.22. The first-order chi connectivity index (χ1) is 13.1. The third-order valence-electron chi connectivity index (χ3n) is 4.26. The molecule has 0 amide bonds. The smallest absolute Gasteiger partial charge is 0.159 e. The number of anilines is 1. The van der Waals surface area contributed by atoms with E-state index in [4.69, 9.17) is 5.26 Å². The average Bonchev–Trinajstić information content (AvgIpc) is 3.11. The van der Waals surface area contributed by atoms with Crippen LogP contribution in [0, 0.1) is 17.1 Å². The standard InChI is InChI=1S/C20H15FN6/c1-13(15-3-2-4-16(21)8-15)25-19-10-23-11-20(26-19)27-12-24-17-6-5-14(9-22)7-18(17)27/h2-8,10-13H,1H3,(H,25,26)/t13-/m0/s1. The molecule has 0 fully saturated rings. The van der Waals surface area contributed by atoms with Crippen molar-refractivity contribution < 1.29 is 4.39 Å². The number of nitrogens with one attached hydrogen (secondary N) is 1. The van der Waals surface area contributed by atoms with Gasteiger partial charge < -0.3 is 5.32 Å². The van der Waals surface area contributed by atoms with Gasteiger partial charge in [0.05, 0.1) is 41.1 Å². The molecule has 4 rings (SSSR count). The second kappa shape index (κ2) is 6.84. The van der Waals surface area contributed by atoms with Gasteiger partial charge in [0, 0.05) is 0 Å². The summed E-state index contributed by atoms with van der Waals surface area (Å²) in [7, 11) is 0. The van der Waals surface area contributed by atoms with Gasteiger partial charge in [0.15, 0.2) is 5.82 Å². The first-order valence-electron chi connectivity index (χ1n) is 8.35. The second-order valence-electron chi connectivity index (χ2n) is 6.11. The Labute approximate surface area is 155 Å². The van der Waals surface area contributed by atoms with Crippen molar-refractivity contribution in [2.75, 3.05) is 5.32 Å². The van der Waals surface area contributed by atoms with Crippen LogP contribution in [0.3, 0.4) is 0 Å². The van der Waals surface area contributed by atoms with E-state index in [0.717, 1.165) is 16.6 Å². The highest BCUT2D eigenvalue weighted by atomic mass is 19.1. The monoisotopic (exact) mass is 358 g/mol. The molecule has 6 nitrogen and oxygen atoms in total. The maximum atomic E-state index is 13.4. The molecule has 7 heteroatoms. The summed E-state index contributed by atoms with van der Waals surface area (Å²) < 4.78 is 15.2. The summed E-state index contributed by atoms with van der Waals surface area (Å²) in [4.78, 5) is 13.2. The Morgan fingerprint density at radius 3 is 2.89 bits per heavy atom. The summed E-state index contributed by atoms with van der Waals surface area (Å²) in [6, 6.07) is 13.7. The van der Waals surface area contributed by atoms with Gasteiger partial charge in [-0.15, -0.1) is 0 Å². The molecule has 1 atom stereocenters. The van der Waals surface area contributed by atoms with Crippen LogP contribution >= 0.6 is 0 Å². The van der Waals surface area contributed by atoms with Gasteiger partial charge in [0.2, 0.25) is 0 Å². The molecule has 0 saturated carbocycles. The molecule has 0 aliphatic heterocycles. The van der Waals surface area contributed by atoms with Crippen LogP contribution in [0.4, 0.5) is 10.2 Å². The Morgan fingerprint density at radius 1 is 1.19 bits per heavy atom. The Balaban J connectivity index is 1.66. The Hall–Kier alpha value is -3.79. The van der Waals surface area contributed by atoms with Crippen LogP contribution in [-0.4, -0.2) is 19.5 Å². The maximum Gasteiger partial charge on any atom is 0.159 e. The Bertz CT molecular complexity index is 1160. The van der Waals surface area contributed by atoms with Crippen LogP contribution in [0.15, 0.2) is 61.2 Å². The fourth-order valence-corrected chi connectivity index (χ4v) is 2.88. The first-order valence-corrected chi connectivity index (χ1v) is 8.35. The van der Waals surface area contributed by atoms with Crippen molar-refractivity contribution in [2.45, 2.75) is 13.0 Å². The number of benzene rings is 2. The number of aromatic nitrogens is 4. The number of hydrogen-bond donors (Lipinski definition) is 1. The lowest BCUT2D eigenvalue weighted by Gasteiger charge is -2.15. The van der Waals surface area contributed by atoms with E-state index in [1.54, 1.807) is 47.6 Å². The number of fused-ring (bicyclic) bond motifs is 1. The average molecular weight is 358 g/mol. The highest BCUT2D eigenvalue weighted by Crippen LogP contribution is 2.21. The van der Waals surface area contributed by atoms with Crippen molar-refractivity contribution in [1.29, 1.82) is 5.26 Å². The van der Waals surface area contributed by atoms with Crippen molar-refractivity contribution in [1.82, 2.24) is 19.5 Å². The van der Waals surface area contributed by atoms with Crippen LogP contribution in [-0.2, 0) is 0 Å². The van der Waals surface area contributed by atoms with Gasteiger partial charge >= 0.3 is 0 Å². The van der Waals surface area contributed by atoms with Crippen LogP contribution < -0.4 is 5.32 Å². The number of rotatable bonds is 4. The van der Waals surface area contributed by atoms with Crippen molar-refractivity contribution in [3.63, 3.8) is 0 Å². The normalized spacial score (nSPS) is 11.9. The van der Waals surface area contributed by atoms with Crippen molar-refractivity contribution in [3.05, 3.63) is 78.1 Å². The van der Waals surface area contributed by atoms with E-state index < -0.39 is 0 Å². The van der Waals surface area contributed by atoms with Crippen molar-refractivity contribution in [2.24, 2.45) is 0 Å². The van der Waals surface area contributed by atoms with E-state index in [0.29, 0.717) is 17.2 Å². The minimum Gasteiger partial charge on any atom is -0.362 e. The molecule has 0 radical (unpaired) electrons. The van der Waals surface area contributed by atoms with Crippen LogP contribution in [0.25, 0.3) is 16.9 Å². The molecule has 0 aliphatic rings. The fourth-order valence-electron chi connectivity index (χ4n) is 2.88. The zero-order chi connectivity index (χ0) is 18.8. The third-order valence-corrected chi connectivity index (χ3v) is 4.26. The molecule has 4 aromatic rings. The van der Waals surface area contributed by atoms with Gasteiger partial charge in [-0.05, 0) is 42.8 Å². The molecule has 0 bridgehead atoms. The third kappa shape index (κ3) is 3.33. The number of hydrogen-bond acceptors (Lipinski definition) is 5. The summed E-state index contributed by atoms with van der Waals surface area (Å²) in [5.41, 5.74) is 2.90. The largest absolute Gasteiger partial charge is 0.362 e. The second-order valence-corrected chi connectivity index (χ2v) is 6.11. The molecule has 2 aromatic carbocycles. The molecule has 0 spiro atoms. The van der Waals surface area contributed by atoms with Gasteiger partial charge in [0.1, 0.15) is 18.0 Å². The van der Waals surface area contributed by atoms with E-state index in [-0.39, 0.29) is 11.9 Å². The minimum atomic E-state index is -0.279. The molecule has 0 unspecified atom stereocenters. The lowest BCUT2D eigenvalue weighted by molar-refractivity contribution is 0.623. The van der Waals surface area contributed by atoms with Crippen molar-refractivity contribution in [3.8, 4) is 11.9 Å². The summed E-state index contributed by atoms with van der Waals surface area (Å²) in [5.74, 6) is 0.853. The quantitative estimate of drug-likeness (QED) is 0.596. The summed E-state index contributed by atoms with van der Waals surface area (Å²) >= 11 is 0. The fraction of sp³-hybridized carbons (Fsp3) is 0.100. The molecule has 0 aliphatic carbocycles. The van der Waals surface area contributed by atoms with Gasteiger partial charge in [0.25, 0.3) is 0 Å². The molecule has 2 aromatic heterocycles. The molecule has 0 saturated heterocycles. The molecule has 27 heavy (non-hydrogen) atoms. The number of nitriles is 1. The minimum absolute atomic E-state index is 0.144.